The molecule has 2 aromatic rings. The summed E-state index contributed by atoms with van der Waals surface area (Å²) in [4.78, 5) is 2.68. The summed E-state index contributed by atoms with van der Waals surface area (Å²) in [6, 6.07) is 22.4. The topological polar surface area (TPSA) is 3.01 Å². The third kappa shape index (κ3) is 2.67. The van der Waals surface area contributed by atoms with E-state index in [-0.39, 0.29) is 5.16 Å². The minimum absolute atomic E-state index is 0.176. The fraction of sp³-hybridized carbons (Fsp3) is 0.391. The van der Waals surface area contributed by atoms with Gasteiger partial charge in [0.25, 0.3) is 0 Å². The highest BCUT2D eigenvalue weighted by Crippen LogP contribution is 2.66. The fourth-order valence-electron chi connectivity index (χ4n) is 4.34. The van der Waals surface area contributed by atoms with Crippen LogP contribution in [0.3, 0.4) is 0 Å². The zero-order chi connectivity index (χ0) is 18.3. The molecule has 3 rings (SSSR count). The Labute approximate surface area is 154 Å². The molecule has 1 fully saturated rings. The first-order chi connectivity index (χ1) is 11.8. The van der Waals surface area contributed by atoms with Gasteiger partial charge in [-0.15, -0.1) is 6.58 Å². The molecule has 0 aromatic heterocycles. The van der Waals surface area contributed by atoms with Gasteiger partial charge in [0.05, 0.1) is 19.3 Å². The molecule has 0 spiro atoms. The second-order valence-electron chi connectivity index (χ2n) is 8.81. The van der Waals surface area contributed by atoms with E-state index in [4.69, 9.17) is 0 Å². The molecule has 0 radical (unpaired) electrons. The standard InChI is InChI=1S/C23H31NSi/c1-7-18-23(25(5,6)22(2,3)4)21(19-14-10-8-11-15-19)24(23)20-16-12-9-13-17-20/h7-17,21H,1,18H2,2-6H3/t21-,23-,24?/m1/s1. The van der Waals surface area contributed by atoms with Gasteiger partial charge >= 0.3 is 0 Å². The second-order valence-corrected chi connectivity index (χ2v) is 14.4. The van der Waals surface area contributed by atoms with Crippen LogP contribution < -0.4 is 4.90 Å². The van der Waals surface area contributed by atoms with Crippen molar-refractivity contribution < 1.29 is 0 Å². The molecule has 0 saturated carbocycles. The molecule has 1 aliphatic heterocycles. The van der Waals surface area contributed by atoms with Crippen LogP contribution in [-0.2, 0) is 0 Å². The van der Waals surface area contributed by atoms with E-state index in [0.29, 0.717) is 11.1 Å². The van der Waals surface area contributed by atoms with Gasteiger partial charge in [-0.05, 0) is 29.2 Å². The van der Waals surface area contributed by atoms with Crippen molar-refractivity contribution in [3.05, 3.63) is 78.9 Å². The Balaban J connectivity index is 2.18. The smallest absolute Gasteiger partial charge is 0.0862 e. The second kappa shape index (κ2) is 6.17. The first-order valence-corrected chi connectivity index (χ1v) is 12.3. The zero-order valence-electron chi connectivity index (χ0n) is 16.3. The van der Waals surface area contributed by atoms with E-state index in [9.17, 15) is 0 Å². The molecule has 0 unspecified atom stereocenters. The summed E-state index contributed by atoms with van der Waals surface area (Å²) < 4.78 is 0. The highest BCUT2D eigenvalue weighted by atomic mass is 28.3. The quantitative estimate of drug-likeness (QED) is 0.333. The van der Waals surface area contributed by atoms with Crippen LogP contribution in [0.5, 0.6) is 0 Å². The van der Waals surface area contributed by atoms with Gasteiger partial charge in [-0.3, -0.25) is 0 Å². The Morgan fingerprint density at radius 2 is 1.52 bits per heavy atom. The van der Waals surface area contributed by atoms with Crippen LogP contribution in [0.1, 0.15) is 38.8 Å². The van der Waals surface area contributed by atoms with Gasteiger partial charge < -0.3 is 4.90 Å². The summed E-state index contributed by atoms with van der Waals surface area (Å²) in [5.41, 5.74) is 2.76. The molecule has 1 heterocycles. The lowest BCUT2D eigenvalue weighted by molar-refractivity contribution is 0.663. The van der Waals surface area contributed by atoms with E-state index < -0.39 is 8.07 Å². The maximum absolute atomic E-state index is 4.13. The van der Waals surface area contributed by atoms with Crippen molar-refractivity contribution in [3.63, 3.8) is 0 Å². The van der Waals surface area contributed by atoms with Gasteiger partial charge in [0, 0.05) is 5.69 Å². The van der Waals surface area contributed by atoms with Crippen molar-refractivity contribution in [2.45, 2.75) is 56.5 Å². The predicted molar refractivity (Wildman–Crippen MR) is 113 cm³/mol. The van der Waals surface area contributed by atoms with Crippen molar-refractivity contribution in [2.75, 3.05) is 4.90 Å². The molecule has 0 amide bonds. The van der Waals surface area contributed by atoms with Crippen LogP contribution in [-0.4, -0.2) is 13.2 Å². The first-order valence-electron chi connectivity index (χ1n) is 9.27. The molecular formula is C23H31NSi. The number of para-hydroxylation sites is 1. The Morgan fingerprint density at radius 3 is 2.00 bits per heavy atom. The third-order valence-electron chi connectivity index (χ3n) is 6.64. The van der Waals surface area contributed by atoms with Crippen LogP contribution in [0, 0.1) is 0 Å². The molecule has 132 valence electrons. The molecule has 1 aliphatic rings. The molecule has 0 bridgehead atoms. The lowest BCUT2D eigenvalue weighted by Crippen LogP contribution is -2.54. The van der Waals surface area contributed by atoms with E-state index in [1.807, 2.05) is 0 Å². The summed E-state index contributed by atoms with van der Waals surface area (Å²) in [5, 5.41) is 0.488. The third-order valence-corrected chi connectivity index (χ3v) is 13.3. The molecule has 25 heavy (non-hydrogen) atoms. The number of hydrogen-bond donors (Lipinski definition) is 0. The van der Waals surface area contributed by atoms with Crippen LogP contribution in [0.25, 0.3) is 0 Å². The van der Waals surface area contributed by atoms with Gasteiger partial charge in [0.1, 0.15) is 0 Å². The Hall–Kier alpha value is -1.80. The average Bonchev–Trinajstić information content (AvgIpc) is 3.26. The van der Waals surface area contributed by atoms with Crippen molar-refractivity contribution in [3.8, 4) is 0 Å². The zero-order valence-corrected chi connectivity index (χ0v) is 17.3. The minimum Gasteiger partial charge on any atom is -0.357 e. The average molecular weight is 350 g/mol. The summed E-state index contributed by atoms with van der Waals surface area (Å²) in [6.07, 6.45) is 3.18. The molecule has 2 heteroatoms. The molecule has 1 saturated heterocycles. The van der Waals surface area contributed by atoms with Crippen LogP contribution in [0.15, 0.2) is 73.3 Å². The van der Waals surface area contributed by atoms with Crippen molar-refractivity contribution in [1.82, 2.24) is 0 Å². The molecule has 2 atom stereocenters. The van der Waals surface area contributed by atoms with E-state index in [1.165, 1.54) is 11.3 Å². The number of anilines is 1. The van der Waals surface area contributed by atoms with Crippen LogP contribution in [0.4, 0.5) is 5.69 Å². The largest absolute Gasteiger partial charge is 0.357 e. The number of hydrogen-bond acceptors (Lipinski definition) is 1. The van der Waals surface area contributed by atoms with Gasteiger partial charge in [-0.25, -0.2) is 0 Å². The van der Waals surface area contributed by atoms with Gasteiger partial charge in [-0.2, -0.15) is 0 Å². The summed E-state index contributed by atoms with van der Waals surface area (Å²) >= 11 is 0. The molecule has 2 aromatic carbocycles. The first kappa shape index (κ1) is 18.0. The monoisotopic (exact) mass is 349 g/mol. The molecular weight excluding hydrogens is 318 g/mol. The van der Waals surface area contributed by atoms with Gasteiger partial charge in [-0.1, -0.05) is 88.5 Å². The number of nitrogens with zero attached hydrogens (tertiary/aromatic N) is 1. The molecule has 0 aliphatic carbocycles. The maximum Gasteiger partial charge on any atom is 0.0862 e. The molecule has 1 nitrogen and oxygen atoms in total. The number of benzene rings is 2. The van der Waals surface area contributed by atoms with Crippen molar-refractivity contribution in [1.29, 1.82) is 0 Å². The summed E-state index contributed by atoms with van der Waals surface area (Å²) in [5.74, 6) is 0. The Bertz CT molecular complexity index is 682. The van der Waals surface area contributed by atoms with Gasteiger partial charge in [0.15, 0.2) is 0 Å². The van der Waals surface area contributed by atoms with E-state index in [1.54, 1.807) is 0 Å². The van der Waals surface area contributed by atoms with E-state index in [0.717, 1.165) is 6.42 Å². The van der Waals surface area contributed by atoms with Crippen molar-refractivity contribution >= 4 is 13.8 Å². The van der Waals surface area contributed by atoms with Crippen LogP contribution in [0.2, 0.25) is 18.1 Å². The van der Waals surface area contributed by atoms with E-state index in [2.05, 4.69) is 112 Å². The Morgan fingerprint density at radius 1 is 1.00 bits per heavy atom. The van der Waals surface area contributed by atoms with Crippen molar-refractivity contribution in [2.24, 2.45) is 0 Å². The molecule has 0 N–H and O–H groups in total. The summed E-state index contributed by atoms with van der Waals surface area (Å²) in [7, 11) is -1.68. The lowest BCUT2D eigenvalue weighted by atomic mass is 10.1. The van der Waals surface area contributed by atoms with Gasteiger partial charge in [0.2, 0.25) is 0 Å². The maximum atomic E-state index is 4.13. The lowest BCUT2D eigenvalue weighted by Gasteiger charge is -2.44. The number of rotatable bonds is 5. The Kier molecular flexibility index (Phi) is 4.44. The summed E-state index contributed by atoms with van der Waals surface area (Å²) in [6.45, 7) is 16.5. The van der Waals surface area contributed by atoms with E-state index >= 15 is 0 Å². The van der Waals surface area contributed by atoms with Crippen LogP contribution >= 0.6 is 0 Å². The highest BCUT2D eigenvalue weighted by Gasteiger charge is 2.72. The predicted octanol–water partition coefficient (Wildman–Crippen LogP) is 6.61. The normalized spacial score (nSPS) is 23.4. The highest BCUT2D eigenvalue weighted by molar-refractivity contribution is 6.85. The minimum atomic E-state index is -1.68. The fourth-order valence-corrected chi connectivity index (χ4v) is 8.07. The SMILES string of the molecule is C=CC[C@@]1([Si](C)(C)C(C)(C)C)[C@@H](c2ccccc2)N1c1ccccc1.